The summed E-state index contributed by atoms with van der Waals surface area (Å²) in [4.78, 5) is 4.47. The van der Waals surface area contributed by atoms with Crippen LogP contribution in [-0.2, 0) is 0 Å². The summed E-state index contributed by atoms with van der Waals surface area (Å²) in [6.45, 7) is 15.6. The van der Waals surface area contributed by atoms with Gasteiger partial charge in [0.25, 0.3) is 5.92 Å². The van der Waals surface area contributed by atoms with E-state index in [0.717, 1.165) is 25.9 Å². The van der Waals surface area contributed by atoms with Crippen LogP contribution in [0.1, 0.15) is 82.1 Å². The van der Waals surface area contributed by atoms with E-state index in [0.29, 0.717) is 13.1 Å². The Morgan fingerprint density at radius 2 is 1.04 bits per heavy atom. The minimum Gasteiger partial charge on any atom is -0.298 e. The van der Waals surface area contributed by atoms with Gasteiger partial charge in [-0.2, -0.15) is 0 Å². The first kappa shape index (κ1) is 26.9. The number of hydrogen-bond acceptors (Lipinski definition) is 2. The molecule has 0 saturated carbocycles. The van der Waals surface area contributed by atoms with Crippen molar-refractivity contribution in [2.75, 3.05) is 26.2 Å². The van der Waals surface area contributed by atoms with Crippen molar-refractivity contribution in [1.29, 1.82) is 0 Å². The molecule has 0 radical (unpaired) electrons. The molecule has 2 saturated heterocycles. The van der Waals surface area contributed by atoms with Crippen molar-refractivity contribution in [2.45, 2.75) is 105 Å². The highest BCUT2D eigenvalue weighted by Gasteiger charge is 2.37. The molecule has 0 aromatic rings. The minimum atomic E-state index is -2.41. The van der Waals surface area contributed by atoms with E-state index < -0.39 is 12.1 Å². The van der Waals surface area contributed by atoms with Crippen LogP contribution in [0.25, 0.3) is 0 Å². The number of rotatable bonds is 0. The summed E-state index contributed by atoms with van der Waals surface area (Å²) in [5.74, 6) is -2.41. The number of likely N-dealkylation sites (tertiary alicyclic amines) is 2. The number of halogens is 3. The van der Waals surface area contributed by atoms with Crippen molar-refractivity contribution in [3.63, 3.8) is 0 Å². The molecule has 154 valence electrons. The predicted molar refractivity (Wildman–Crippen MR) is 104 cm³/mol. The maximum absolute atomic E-state index is 12.7. The summed E-state index contributed by atoms with van der Waals surface area (Å²) in [5, 5.41) is 0. The van der Waals surface area contributed by atoms with Gasteiger partial charge in [-0.3, -0.25) is 9.80 Å². The molecule has 0 aromatic heterocycles. The average Bonchev–Trinajstić information content (AvgIpc) is 2.37. The number of nitrogens with zero attached hydrogens (tertiary/aromatic N) is 2. The molecule has 0 N–H and O–H groups in total. The number of alkyl halides is 3. The predicted octanol–water partition coefficient (Wildman–Crippen LogP) is 6.01. The molecule has 2 nitrogen and oxygen atoms in total. The Hall–Kier alpha value is -0.290. The van der Waals surface area contributed by atoms with Crippen molar-refractivity contribution < 1.29 is 13.2 Å². The Morgan fingerprint density at radius 1 is 0.720 bits per heavy atom. The minimum absolute atomic E-state index is 0. The molecule has 2 aliphatic rings. The fourth-order valence-corrected chi connectivity index (χ4v) is 3.02. The van der Waals surface area contributed by atoms with Crippen LogP contribution >= 0.6 is 0 Å². The molecule has 0 aliphatic carbocycles. The van der Waals surface area contributed by atoms with Crippen LogP contribution in [-0.4, -0.2) is 59.2 Å². The molecule has 0 amide bonds. The van der Waals surface area contributed by atoms with Crippen LogP contribution < -0.4 is 0 Å². The van der Waals surface area contributed by atoms with Crippen molar-refractivity contribution in [2.24, 2.45) is 0 Å². The van der Waals surface area contributed by atoms with Crippen molar-refractivity contribution in [3.8, 4) is 0 Å². The normalized spacial score (nSPS) is 22.9. The zero-order valence-corrected chi connectivity index (χ0v) is 15.8. The molecular weight excluding hydrogens is 325 g/mol. The van der Waals surface area contributed by atoms with Gasteiger partial charge in [-0.15, -0.1) is 0 Å². The first-order chi connectivity index (χ1) is 10.3. The third kappa shape index (κ3) is 9.83. The van der Waals surface area contributed by atoms with E-state index in [1.165, 1.54) is 0 Å². The summed E-state index contributed by atoms with van der Waals surface area (Å²) < 4.78 is 38.2. The Kier molecular flexibility index (Phi) is 10.9. The maximum Gasteiger partial charge on any atom is 0.250 e. The molecular formula is C20H43F3N2. The lowest BCUT2D eigenvalue weighted by Gasteiger charge is -2.40. The topological polar surface area (TPSA) is 6.48 Å². The Balaban J connectivity index is 0. The molecule has 0 aromatic carbocycles. The van der Waals surface area contributed by atoms with Gasteiger partial charge in [0.15, 0.2) is 0 Å². The maximum atomic E-state index is 12.7. The second kappa shape index (κ2) is 10.1. The lowest BCUT2D eigenvalue weighted by atomic mass is 9.99. The molecule has 0 bridgehead atoms. The van der Waals surface area contributed by atoms with E-state index in [-0.39, 0.29) is 38.8 Å². The molecule has 2 heterocycles. The van der Waals surface area contributed by atoms with E-state index in [1.807, 2.05) is 0 Å². The van der Waals surface area contributed by atoms with Crippen molar-refractivity contribution in [3.05, 3.63) is 0 Å². The average molecular weight is 369 g/mol. The summed E-state index contributed by atoms with van der Waals surface area (Å²) in [6.07, 6.45) is 0.928. The second-order valence-electron chi connectivity index (χ2n) is 8.85. The van der Waals surface area contributed by atoms with E-state index in [1.54, 1.807) is 0 Å². The summed E-state index contributed by atoms with van der Waals surface area (Å²) in [5.41, 5.74) is 0.261. The zero-order valence-electron chi connectivity index (χ0n) is 15.8. The van der Waals surface area contributed by atoms with Gasteiger partial charge in [-0.05, 0) is 54.4 Å². The molecule has 2 rings (SSSR count). The Morgan fingerprint density at radius 3 is 1.36 bits per heavy atom. The third-order valence-electron chi connectivity index (χ3n) is 4.82. The molecule has 2 aliphatic heterocycles. The van der Waals surface area contributed by atoms with Crippen LogP contribution in [0.15, 0.2) is 0 Å². The van der Waals surface area contributed by atoms with E-state index in [9.17, 15) is 13.2 Å². The summed E-state index contributed by atoms with van der Waals surface area (Å²) in [6, 6.07) is 0. The highest BCUT2D eigenvalue weighted by Crippen LogP contribution is 2.30. The van der Waals surface area contributed by atoms with Crippen LogP contribution in [0.2, 0.25) is 0 Å². The van der Waals surface area contributed by atoms with Gasteiger partial charge in [-0.1, -0.05) is 14.9 Å². The Labute approximate surface area is 155 Å². The fraction of sp³-hybridized carbons (Fsp3) is 1.00. The molecule has 0 spiro atoms. The number of hydrogen-bond donors (Lipinski definition) is 0. The third-order valence-corrected chi connectivity index (χ3v) is 4.82. The fourth-order valence-electron chi connectivity index (χ4n) is 3.02. The number of piperidine rings is 2. The van der Waals surface area contributed by atoms with Gasteiger partial charge in [0.1, 0.15) is 6.17 Å². The SMILES string of the molecule is C.C.CC(C)(C)N1CCC(F)(F)CC1.CC(C)(C)N1CCC(F)CC1. The highest BCUT2D eigenvalue weighted by atomic mass is 19.3. The molecule has 0 atom stereocenters. The lowest BCUT2D eigenvalue weighted by molar-refractivity contribution is -0.0712. The van der Waals surface area contributed by atoms with Gasteiger partial charge in [0.2, 0.25) is 0 Å². The first-order valence-corrected chi connectivity index (χ1v) is 8.83. The van der Waals surface area contributed by atoms with Gasteiger partial charge in [-0.25, -0.2) is 13.2 Å². The Bertz CT molecular complexity index is 341. The molecule has 5 heteroatoms. The standard InChI is InChI=1S/C9H17F2N.C9H18FN.2CH4/c1-8(2,3)12-6-4-9(10,11)5-7-12;1-9(2,3)11-6-4-8(10)5-7-11;;/h4-7H2,1-3H3;8H,4-7H2,1-3H3;2*1H4. The zero-order chi connectivity index (χ0) is 17.9. The lowest BCUT2D eigenvalue weighted by Crippen LogP contribution is -2.48. The smallest absolute Gasteiger partial charge is 0.250 e. The van der Waals surface area contributed by atoms with Crippen LogP contribution in [0.5, 0.6) is 0 Å². The second-order valence-corrected chi connectivity index (χ2v) is 8.85. The van der Waals surface area contributed by atoms with Crippen LogP contribution in [0, 0.1) is 0 Å². The van der Waals surface area contributed by atoms with Gasteiger partial charge in [0, 0.05) is 50.1 Å². The summed E-state index contributed by atoms with van der Waals surface area (Å²) in [7, 11) is 0. The monoisotopic (exact) mass is 368 g/mol. The van der Waals surface area contributed by atoms with Crippen molar-refractivity contribution >= 4 is 0 Å². The largest absolute Gasteiger partial charge is 0.298 e. The molecule has 25 heavy (non-hydrogen) atoms. The first-order valence-electron chi connectivity index (χ1n) is 8.83. The van der Waals surface area contributed by atoms with Gasteiger partial charge in [0.05, 0.1) is 0 Å². The highest BCUT2D eigenvalue weighted by molar-refractivity contribution is 4.84. The molecule has 0 unspecified atom stereocenters. The van der Waals surface area contributed by atoms with Crippen LogP contribution in [0.3, 0.4) is 0 Å². The quantitative estimate of drug-likeness (QED) is 0.517. The van der Waals surface area contributed by atoms with E-state index in [4.69, 9.17) is 0 Å². The van der Waals surface area contributed by atoms with Gasteiger partial charge < -0.3 is 0 Å². The molecule has 2 fully saturated rings. The van der Waals surface area contributed by atoms with Crippen molar-refractivity contribution in [1.82, 2.24) is 9.80 Å². The summed E-state index contributed by atoms with van der Waals surface area (Å²) >= 11 is 0. The van der Waals surface area contributed by atoms with E-state index >= 15 is 0 Å². The van der Waals surface area contributed by atoms with Crippen LogP contribution in [0.4, 0.5) is 13.2 Å². The van der Waals surface area contributed by atoms with E-state index in [2.05, 4.69) is 51.3 Å². The van der Waals surface area contributed by atoms with Gasteiger partial charge >= 0.3 is 0 Å².